The fourth-order valence-corrected chi connectivity index (χ4v) is 1.69. The molecule has 0 aliphatic heterocycles. The molecule has 0 aromatic heterocycles. The SMILES string of the molecule is CCCN(Cc1ccc(N)cc1)C(=O)CC(F)(F)F. The Kier molecular flexibility index (Phi) is 5.20. The molecule has 0 heterocycles. The normalized spacial score (nSPS) is 11.4. The standard InChI is InChI=1S/C13H17F3N2O/c1-2-7-18(12(19)8-13(14,15)16)9-10-3-5-11(17)6-4-10/h3-6H,2,7-9,17H2,1H3. The summed E-state index contributed by atoms with van der Waals surface area (Å²) in [5.74, 6) is -0.897. The number of anilines is 1. The molecule has 106 valence electrons. The van der Waals surface area contributed by atoms with Crippen LogP contribution < -0.4 is 5.73 Å². The van der Waals surface area contributed by atoms with Gasteiger partial charge < -0.3 is 10.6 Å². The number of benzene rings is 1. The molecular weight excluding hydrogens is 257 g/mol. The number of nitrogens with two attached hydrogens (primary N) is 1. The van der Waals surface area contributed by atoms with Crippen LogP contribution in [0.1, 0.15) is 25.3 Å². The number of nitrogens with zero attached hydrogens (tertiary/aromatic N) is 1. The first-order valence-corrected chi connectivity index (χ1v) is 6.00. The van der Waals surface area contributed by atoms with Crippen molar-refractivity contribution in [2.75, 3.05) is 12.3 Å². The topological polar surface area (TPSA) is 46.3 Å². The predicted molar refractivity (Wildman–Crippen MR) is 67.2 cm³/mol. The van der Waals surface area contributed by atoms with Crippen LogP contribution in [0.3, 0.4) is 0 Å². The monoisotopic (exact) mass is 274 g/mol. The van der Waals surface area contributed by atoms with Crippen LogP contribution in [0.25, 0.3) is 0 Å². The Balaban J connectivity index is 2.72. The van der Waals surface area contributed by atoms with Gasteiger partial charge in [-0.3, -0.25) is 4.79 Å². The van der Waals surface area contributed by atoms with Crippen molar-refractivity contribution in [1.82, 2.24) is 4.90 Å². The Bertz CT molecular complexity index is 415. The molecule has 0 aliphatic rings. The summed E-state index contributed by atoms with van der Waals surface area (Å²) in [5.41, 5.74) is 6.87. The first-order valence-electron chi connectivity index (χ1n) is 6.00. The van der Waals surface area contributed by atoms with Gasteiger partial charge in [0, 0.05) is 18.8 Å². The Morgan fingerprint density at radius 3 is 2.32 bits per heavy atom. The van der Waals surface area contributed by atoms with Crippen LogP contribution in [0.5, 0.6) is 0 Å². The Labute approximate surface area is 110 Å². The number of rotatable bonds is 5. The second-order valence-corrected chi connectivity index (χ2v) is 4.35. The fourth-order valence-electron chi connectivity index (χ4n) is 1.69. The van der Waals surface area contributed by atoms with Crippen molar-refractivity contribution < 1.29 is 18.0 Å². The van der Waals surface area contributed by atoms with E-state index < -0.39 is 18.5 Å². The van der Waals surface area contributed by atoms with Crippen LogP contribution in [0.4, 0.5) is 18.9 Å². The first kappa shape index (κ1) is 15.3. The van der Waals surface area contributed by atoms with E-state index in [4.69, 9.17) is 5.73 Å². The minimum atomic E-state index is -4.47. The molecule has 2 N–H and O–H groups in total. The number of hydrogen-bond donors (Lipinski definition) is 1. The van der Waals surface area contributed by atoms with Crippen LogP contribution >= 0.6 is 0 Å². The molecule has 6 heteroatoms. The lowest BCUT2D eigenvalue weighted by Gasteiger charge is -2.23. The Morgan fingerprint density at radius 1 is 1.26 bits per heavy atom. The summed E-state index contributed by atoms with van der Waals surface area (Å²) in [6.07, 6.45) is -5.27. The molecule has 0 bridgehead atoms. The van der Waals surface area contributed by atoms with Crippen LogP contribution in [-0.2, 0) is 11.3 Å². The van der Waals surface area contributed by atoms with E-state index in [-0.39, 0.29) is 6.54 Å². The predicted octanol–water partition coefficient (Wildman–Crippen LogP) is 2.96. The van der Waals surface area contributed by atoms with Gasteiger partial charge in [-0.2, -0.15) is 13.2 Å². The van der Waals surface area contributed by atoms with E-state index in [9.17, 15) is 18.0 Å². The maximum Gasteiger partial charge on any atom is 0.397 e. The van der Waals surface area contributed by atoms with Gasteiger partial charge in [-0.15, -0.1) is 0 Å². The van der Waals surface area contributed by atoms with Gasteiger partial charge in [0.15, 0.2) is 0 Å². The number of amides is 1. The third-order valence-corrected chi connectivity index (χ3v) is 2.55. The van der Waals surface area contributed by atoms with Gasteiger partial charge in [-0.1, -0.05) is 19.1 Å². The molecule has 0 fully saturated rings. The molecule has 0 saturated carbocycles. The maximum absolute atomic E-state index is 12.2. The van der Waals surface area contributed by atoms with Crippen molar-refractivity contribution in [1.29, 1.82) is 0 Å². The summed E-state index contributed by atoms with van der Waals surface area (Å²) in [6.45, 7) is 2.29. The number of nitrogen functional groups attached to an aromatic ring is 1. The number of carbonyl (C=O) groups excluding carboxylic acids is 1. The Morgan fingerprint density at radius 2 is 1.84 bits per heavy atom. The largest absolute Gasteiger partial charge is 0.399 e. The van der Waals surface area contributed by atoms with Gasteiger partial charge in [0.2, 0.25) is 5.91 Å². The molecule has 0 saturated heterocycles. The highest BCUT2D eigenvalue weighted by Gasteiger charge is 2.33. The molecule has 0 unspecified atom stereocenters. The van der Waals surface area contributed by atoms with Crippen molar-refractivity contribution in [3.8, 4) is 0 Å². The van der Waals surface area contributed by atoms with Gasteiger partial charge in [0.05, 0.1) is 0 Å². The lowest BCUT2D eigenvalue weighted by atomic mass is 10.2. The van der Waals surface area contributed by atoms with Crippen LogP contribution in [-0.4, -0.2) is 23.5 Å². The molecule has 1 aromatic carbocycles. The minimum absolute atomic E-state index is 0.170. The zero-order chi connectivity index (χ0) is 14.5. The van der Waals surface area contributed by atoms with Crippen molar-refractivity contribution in [3.05, 3.63) is 29.8 Å². The van der Waals surface area contributed by atoms with Crippen molar-refractivity contribution in [2.24, 2.45) is 0 Å². The van der Waals surface area contributed by atoms with Crippen molar-refractivity contribution in [3.63, 3.8) is 0 Å². The van der Waals surface area contributed by atoms with E-state index >= 15 is 0 Å². The molecule has 1 amide bonds. The molecule has 0 aliphatic carbocycles. The molecule has 19 heavy (non-hydrogen) atoms. The van der Waals surface area contributed by atoms with E-state index in [2.05, 4.69) is 0 Å². The first-order chi connectivity index (χ1) is 8.81. The average Bonchev–Trinajstić information content (AvgIpc) is 2.29. The highest BCUT2D eigenvalue weighted by atomic mass is 19.4. The van der Waals surface area contributed by atoms with Crippen LogP contribution in [0.2, 0.25) is 0 Å². The highest BCUT2D eigenvalue weighted by molar-refractivity contribution is 5.76. The highest BCUT2D eigenvalue weighted by Crippen LogP contribution is 2.21. The zero-order valence-corrected chi connectivity index (χ0v) is 10.7. The van der Waals surface area contributed by atoms with Crippen LogP contribution in [0.15, 0.2) is 24.3 Å². The Hall–Kier alpha value is -1.72. The summed E-state index contributed by atoms with van der Waals surface area (Å²) < 4.78 is 36.7. The smallest absolute Gasteiger partial charge is 0.397 e. The number of halogens is 3. The fraction of sp³-hybridized carbons (Fsp3) is 0.462. The van der Waals surface area contributed by atoms with E-state index in [1.54, 1.807) is 24.3 Å². The third kappa shape index (κ3) is 5.63. The van der Waals surface area contributed by atoms with Crippen LogP contribution in [0, 0.1) is 0 Å². The summed E-state index contributed by atoms with van der Waals surface area (Å²) in [7, 11) is 0. The molecule has 0 spiro atoms. The lowest BCUT2D eigenvalue weighted by Crippen LogP contribution is -2.34. The van der Waals surface area contributed by atoms with Gasteiger partial charge in [0.25, 0.3) is 0 Å². The van der Waals surface area contributed by atoms with E-state index in [1.807, 2.05) is 6.92 Å². The maximum atomic E-state index is 12.2. The third-order valence-electron chi connectivity index (χ3n) is 2.55. The summed E-state index contributed by atoms with van der Waals surface area (Å²) in [6, 6.07) is 6.74. The second kappa shape index (κ2) is 6.45. The molecule has 1 rings (SSSR count). The minimum Gasteiger partial charge on any atom is -0.399 e. The van der Waals surface area contributed by atoms with Gasteiger partial charge in [0.1, 0.15) is 6.42 Å². The van der Waals surface area contributed by atoms with E-state index in [0.717, 1.165) is 5.56 Å². The summed E-state index contributed by atoms with van der Waals surface area (Å²) in [4.78, 5) is 12.8. The van der Waals surface area contributed by atoms with Crippen molar-refractivity contribution in [2.45, 2.75) is 32.5 Å². The number of alkyl halides is 3. The molecule has 0 radical (unpaired) electrons. The van der Waals surface area contributed by atoms with Gasteiger partial charge in [-0.25, -0.2) is 0 Å². The zero-order valence-electron chi connectivity index (χ0n) is 10.7. The molecule has 3 nitrogen and oxygen atoms in total. The molecule has 0 atom stereocenters. The molecule has 1 aromatic rings. The second-order valence-electron chi connectivity index (χ2n) is 4.35. The van der Waals surface area contributed by atoms with Crippen molar-refractivity contribution >= 4 is 11.6 Å². The average molecular weight is 274 g/mol. The van der Waals surface area contributed by atoms with Gasteiger partial charge in [-0.05, 0) is 24.1 Å². The lowest BCUT2D eigenvalue weighted by molar-refractivity contribution is -0.161. The summed E-state index contributed by atoms with van der Waals surface area (Å²) >= 11 is 0. The number of carbonyl (C=O) groups is 1. The quantitative estimate of drug-likeness (QED) is 0.839. The molecular formula is C13H17F3N2O. The van der Waals surface area contributed by atoms with E-state index in [0.29, 0.717) is 18.7 Å². The van der Waals surface area contributed by atoms with Gasteiger partial charge >= 0.3 is 6.18 Å². The summed E-state index contributed by atoms with van der Waals surface area (Å²) in [5, 5.41) is 0. The van der Waals surface area contributed by atoms with E-state index in [1.165, 1.54) is 4.90 Å². The number of hydrogen-bond acceptors (Lipinski definition) is 2.